The molecule has 6 rings (SSSR count). The summed E-state index contributed by atoms with van der Waals surface area (Å²) in [6.45, 7) is 2.24. The minimum atomic E-state index is 0.0910. The molecular formula is C21H31N3O2S. The topological polar surface area (TPSA) is 68.0 Å². The second-order valence-corrected chi connectivity index (χ2v) is 10.7. The van der Waals surface area contributed by atoms with Crippen LogP contribution in [0.3, 0.4) is 0 Å². The Hall–Kier alpha value is -1.04. The normalized spacial score (nSPS) is 40.3. The third kappa shape index (κ3) is 3.54. The third-order valence-electron chi connectivity index (χ3n) is 7.68. The van der Waals surface area contributed by atoms with Crippen LogP contribution in [0.2, 0.25) is 0 Å². The van der Waals surface area contributed by atoms with E-state index in [9.17, 15) is 4.79 Å². The van der Waals surface area contributed by atoms with Crippen LogP contribution in [0.4, 0.5) is 0 Å². The van der Waals surface area contributed by atoms with Crippen molar-refractivity contribution >= 4 is 17.7 Å². The van der Waals surface area contributed by atoms with Crippen LogP contribution in [-0.2, 0) is 10.2 Å². The molecule has 0 aliphatic heterocycles. The minimum Gasteiger partial charge on any atom is -0.415 e. The molecule has 5 saturated carbocycles. The van der Waals surface area contributed by atoms with Crippen molar-refractivity contribution in [3.05, 3.63) is 5.89 Å². The average Bonchev–Trinajstić information content (AvgIpc) is 3.11. The molecule has 1 amide bonds. The quantitative estimate of drug-likeness (QED) is 0.760. The maximum Gasteiger partial charge on any atom is 0.277 e. The van der Waals surface area contributed by atoms with E-state index in [1.807, 2.05) is 0 Å². The van der Waals surface area contributed by atoms with Crippen LogP contribution in [0.25, 0.3) is 0 Å². The molecular weight excluding hydrogens is 358 g/mol. The molecule has 5 aliphatic rings. The molecule has 0 spiro atoms. The first kappa shape index (κ1) is 18.0. The number of thioether (sulfide) groups is 1. The molecule has 5 nitrogen and oxygen atoms in total. The van der Waals surface area contributed by atoms with Crippen LogP contribution in [0.5, 0.6) is 0 Å². The van der Waals surface area contributed by atoms with Gasteiger partial charge in [0.2, 0.25) is 11.8 Å². The number of hydrogen-bond donors (Lipinski definition) is 1. The smallest absolute Gasteiger partial charge is 0.277 e. The first-order valence-corrected chi connectivity index (χ1v) is 11.8. The lowest BCUT2D eigenvalue weighted by atomic mass is 9.49. The zero-order valence-corrected chi connectivity index (χ0v) is 17.1. The van der Waals surface area contributed by atoms with Gasteiger partial charge in [0.15, 0.2) is 0 Å². The van der Waals surface area contributed by atoms with E-state index in [1.165, 1.54) is 69.5 Å². The fourth-order valence-electron chi connectivity index (χ4n) is 6.76. The van der Waals surface area contributed by atoms with E-state index in [4.69, 9.17) is 4.42 Å². The Labute approximate surface area is 165 Å². The zero-order valence-electron chi connectivity index (χ0n) is 16.3. The Bertz CT molecular complexity index is 668. The monoisotopic (exact) mass is 389 g/mol. The van der Waals surface area contributed by atoms with Crippen LogP contribution in [0, 0.1) is 23.7 Å². The standard InChI is InChI=1S/C21H31N3O2S/c1-13-4-2-3-5-17(13)22-18(25)12-27-20-24-23-19(26-20)21-9-14-6-15(10-21)8-16(7-14)11-21/h13-17H,2-12H2,1H3,(H,22,25)/t13-,14?,15?,16?,17-,21?/m1/s1. The predicted molar refractivity (Wildman–Crippen MR) is 104 cm³/mol. The van der Waals surface area contributed by atoms with Gasteiger partial charge in [-0.1, -0.05) is 31.5 Å². The predicted octanol–water partition coefficient (Wildman–Crippen LogP) is 4.32. The molecule has 1 aromatic heterocycles. The molecule has 0 aromatic carbocycles. The first-order valence-electron chi connectivity index (χ1n) is 10.9. The van der Waals surface area contributed by atoms with Crippen LogP contribution in [-0.4, -0.2) is 27.9 Å². The summed E-state index contributed by atoms with van der Waals surface area (Å²) < 4.78 is 6.09. The SMILES string of the molecule is C[C@@H]1CCCC[C@H]1NC(=O)CSc1nnc(C23CC4CC(CC(C4)C2)C3)o1. The average molecular weight is 390 g/mol. The van der Waals surface area contributed by atoms with Gasteiger partial charge in [-0.05, 0) is 75.0 Å². The number of nitrogens with one attached hydrogen (secondary N) is 1. The Kier molecular flexibility index (Phi) is 4.73. The summed E-state index contributed by atoms with van der Waals surface area (Å²) in [6, 6.07) is 0.331. The fraction of sp³-hybridized carbons (Fsp3) is 0.857. The van der Waals surface area contributed by atoms with Crippen molar-refractivity contribution in [3.8, 4) is 0 Å². The molecule has 27 heavy (non-hydrogen) atoms. The van der Waals surface area contributed by atoms with E-state index < -0.39 is 0 Å². The van der Waals surface area contributed by atoms with Crippen LogP contribution >= 0.6 is 11.8 Å². The summed E-state index contributed by atoms with van der Waals surface area (Å²) in [7, 11) is 0. The van der Waals surface area contributed by atoms with E-state index in [-0.39, 0.29) is 11.3 Å². The molecule has 6 heteroatoms. The summed E-state index contributed by atoms with van der Waals surface area (Å²) >= 11 is 1.39. The summed E-state index contributed by atoms with van der Waals surface area (Å²) in [6.07, 6.45) is 12.8. The van der Waals surface area contributed by atoms with Crippen LogP contribution < -0.4 is 5.32 Å². The maximum atomic E-state index is 12.3. The van der Waals surface area contributed by atoms with Crippen LogP contribution in [0.15, 0.2) is 9.64 Å². The highest BCUT2D eigenvalue weighted by molar-refractivity contribution is 7.99. The highest BCUT2D eigenvalue weighted by atomic mass is 32.2. The van der Waals surface area contributed by atoms with E-state index in [0.717, 1.165) is 30.1 Å². The van der Waals surface area contributed by atoms with Crippen molar-refractivity contribution in [1.29, 1.82) is 0 Å². The van der Waals surface area contributed by atoms with Gasteiger partial charge in [0, 0.05) is 11.5 Å². The highest BCUT2D eigenvalue weighted by Crippen LogP contribution is 2.60. The Morgan fingerprint density at radius 2 is 1.78 bits per heavy atom. The number of carbonyl (C=O) groups excluding carboxylic acids is 1. The van der Waals surface area contributed by atoms with Crippen molar-refractivity contribution in [2.75, 3.05) is 5.75 Å². The van der Waals surface area contributed by atoms with Gasteiger partial charge >= 0.3 is 0 Å². The zero-order chi connectivity index (χ0) is 18.4. The van der Waals surface area contributed by atoms with Gasteiger partial charge in [-0.15, -0.1) is 10.2 Å². The minimum absolute atomic E-state index is 0.0910. The van der Waals surface area contributed by atoms with E-state index in [2.05, 4.69) is 22.4 Å². The van der Waals surface area contributed by atoms with Gasteiger partial charge in [0.1, 0.15) is 0 Å². The summed E-state index contributed by atoms with van der Waals surface area (Å²) in [4.78, 5) is 12.3. The third-order valence-corrected chi connectivity index (χ3v) is 8.50. The maximum absolute atomic E-state index is 12.3. The first-order chi connectivity index (χ1) is 13.1. The lowest BCUT2D eigenvalue weighted by molar-refractivity contribution is -0.119. The van der Waals surface area contributed by atoms with E-state index >= 15 is 0 Å². The van der Waals surface area contributed by atoms with E-state index in [0.29, 0.717) is 22.9 Å². The lowest BCUT2D eigenvalue weighted by Crippen LogP contribution is -2.48. The fourth-order valence-corrected chi connectivity index (χ4v) is 7.34. The van der Waals surface area contributed by atoms with E-state index in [1.54, 1.807) is 0 Å². The molecule has 4 bridgehead atoms. The number of nitrogens with zero attached hydrogens (tertiary/aromatic N) is 2. The Balaban J connectivity index is 1.18. The van der Waals surface area contributed by atoms with Gasteiger partial charge in [0.05, 0.1) is 5.75 Å². The van der Waals surface area contributed by atoms with Gasteiger partial charge in [-0.3, -0.25) is 4.79 Å². The molecule has 0 unspecified atom stereocenters. The van der Waals surface area contributed by atoms with Gasteiger partial charge in [-0.2, -0.15) is 0 Å². The molecule has 1 aromatic rings. The van der Waals surface area contributed by atoms with Crippen molar-refractivity contribution in [2.45, 2.75) is 87.8 Å². The number of hydrogen-bond acceptors (Lipinski definition) is 5. The summed E-state index contributed by atoms with van der Waals surface area (Å²) in [5, 5.41) is 12.5. The van der Waals surface area contributed by atoms with Crippen molar-refractivity contribution in [2.24, 2.45) is 23.7 Å². The van der Waals surface area contributed by atoms with Crippen molar-refractivity contribution in [3.63, 3.8) is 0 Å². The van der Waals surface area contributed by atoms with Crippen molar-refractivity contribution < 1.29 is 9.21 Å². The van der Waals surface area contributed by atoms with Gasteiger partial charge < -0.3 is 9.73 Å². The summed E-state index contributed by atoms with van der Waals surface area (Å²) in [5.74, 6) is 4.48. The Morgan fingerprint density at radius 3 is 2.44 bits per heavy atom. The number of aromatic nitrogens is 2. The van der Waals surface area contributed by atoms with Crippen LogP contribution in [0.1, 0.15) is 77.0 Å². The molecule has 0 radical (unpaired) electrons. The van der Waals surface area contributed by atoms with Gasteiger partial charge in [-0.25, -0.2) is 0 Å². The second kappa shape index (κ2) is 7.09. The second-order valence-electron chi connectivity index (χ2n) is 9.80. The molecule has 1 N–H and O–H groups in total. The summed E-state index contributed by atoms with van der Waals surface area (Å²) in [5.41, 5.74) is 0.139. The largest absolute Gasteiger partial charge is 0.415 e. The lowest BCUT2D eigenvalue weighted by Gasteiger charge is -2.55. The number of carbonyl (C=O) groups is 1. The molecule has 0 saturated heterocycles. The number of amides is 1. The number of rotatable bonds is 5. The molecule has 148 valence electrons. The van der Waals surface area contributed by atoms with Crippen molar-refractivity contribution in [1.82, 2.24) is 15.5 Å². The van der Waals surface area contributed by atoms with Gasteiger partial charge in [0.25, 0.3) is 5.22 Å². The Morgan fingerprint density at radius 1 is 1.11 bits per heavy atom. The molecule has 1 heterocycles. The molecule has 5 fully saturated rings. The highest BCUT2D eigenvalue weighted by Gasteiger charge is 2.54. The molecule has 5 aliphatic carbocycles. The molecule has 2 atom stereocenters.